The summed E-state index contributed by atoms with van der Waals surface area (Å²) in [6.07, 6.45) is 0. The summed E-state index contributed by atoms with van der Waals surface area (Å²) in [7, 11) is 0. The van der Waals surface area contributed by atoms with Crippen molar-refractivity contribution in [3.63, 3.8) is 0 Å². The van der Waals surface area contributed by atoms with Gasteiger partial charge in [0.2, 0.25) is 0 Å². The molecule has 1 aromatic carbocycles. The number of nitrogens with one attached hydrogen (secondary N) is 1. The Morgan fingerprint density at radius 2 is 2.00 bits per heavy atom. The van der Waals surface area contributed by atoms with E-state index in [1.165, 1.54) is 10.5 Å². The van der Waals surface area contributed by atoms with Crippen LogP contribution in [0.15, 0.2) is 30.3 Å². The standard InChI is InChI=1S/C12H17NO/c1-12(2)9-14-10-13(12)8-11-6-4-3-5-7-11/h3-7H,8-10H2,1-2H3/p+1. The Labute approximate surface area is 85.5 Å². The van der Waals surface area contributed by atoms with Crippen LogP contribution in [0.3, 0.4) is 0 Å². The van der Waals surface area contributed by atoms with Crippen LogP contribution < -0.4 is 4.90 Å². The van der Waals surface area contributed by atoms with Gasteiger partial charge < -0.3 is 9.64 Å². The molecule has 2 rings (SSSR count). The lowest BCUT2D eigenvalue weighted by atomic mass is 10.1. The topological polar surface area (TPSA) is 13.7 Å². The smallest absolute Gasteiger partial charge is 0.182 e. The molecule has 0 radical (unpaired) electrons. The number of benzene rings is 1. The second-order valence-electron chi connectivity index (χ2n) is 4.64. The first kappa shape index (κ1) is 9.69. The predicted molar refractivity (Wildman–Crippen MR) is 56.0 cm³/mol. The van der Waals surface area contributed by atoms with Crippen molar-refractivity contribution in [2.75, 3.05) is 13.3 Å². The van der Waals surface area contributed by atoms with Gasteiger partial charge in [-0.3, -0.25) is 0 Å². The van der Waals surface area contributed by atoms with E-state index in [1.54, 1.807) is 0 Å². The molecule has 2 nitrogen and oxygen atoms in total. The predicted octanol–water partition coefficient (Wildman–Crippen LogP) is 0.838. The largest absolute Gasteiger partial charge is 0.325 e. The Morgan fingerprint density at radius 1 is 1.29 bits per heavy atom. The van der Waals surface area contributed by atoms with Crippen LogP contribution in [0.4, 0.5) is 0 Å². The lowest BCUT2D eigenvalue weighted by Gasteiger charge is -2.25. The Morgan fingerprint density at radius 3 is 2.57 bits per heavy atom. The molecule has 1 aliphatic rings. The lowest BCUT2D eigenvalue weighted by Crippen LogP contribution is -3.16. The van der Waals surface area contributed by atoms with Crippen molar-refractivity contribution < 1.29 is 9.64 Å². The van der Waals surface area contributed by atoms with E-state index in [9.17, 15) is 0 Å². The highest BCUT2D eigenvalue weighted by atomic mass is 16.5. The van der Waals surface area contributed by atoms with Crippen molar-refractivity contribution in [3.8, 4) is 0 Å². The van der Waals surface area contributed by atoms with E-state index in [4.69, 9.17) is 4.74 Å². The van der Waals surface area contributed by atoms with Crippen LogP contribution in [-0.2, 0) is 11.3 Å². The van der Waals surface area contributed by atoms with Crippen molar-refractivity contribution in [1.29, 1.82) is 0 Å². The van der Waals surface area contributed by atoms with Crippen LogP contribution in [0.25, 0.3) is 0 Å². The summed E-state index contributed by atoms with van der Waals surface area (Å²) in [5.41, 5.74) is 1.65. The summed E-state index contributed by atoms with van der Waals surface area (Å²) >= 11 is 0. The quantitative estimate of drug-likeness (QED) is 0.733. The summed E-state index contributed by atoms with van der Waals surface area (Å²) in [6, 6.07) is 10.6. The highest BCUT2D eigenvalue weighted by Gasteiger charge is 2.36. The third-order valence-electron chi connectivity index (χ3n) is 2.96. The molecule has 0 bridgehead atoms. The number of hydrogen-bond acceptors (Lipinski definition) is 1. The van der Waals surface area contributed by atoms with Gasteiger partial charge >= 0.3 is 0 Å². The third kappa shape index (κ3) is 1.97. The van der Waals surface area contributed by atoms with Gasteiger partial charge in [-0.2, -0.15) is 0 Å². The second kappa shape index (κ2) is 3.71. The molecule has 1 saturated heterocycles. The fourth-order valence-electron chi connectivity index (χ4n) is 1.86. The molecule has 76 valence electrons. The van der Waals surface area contributed by atoms with Crippen molar-refractivity contribution in [1.82, 2.24) is 0 Å². The first-order chi connectivity index (χ1) is 6.68. The number of rotatable bonds is 2. The monoisotopic (exact) mass is 192 g/mol. The molecule has 1 unspecified atom stereocenters. The van der Waals surface area contributed by atoms with Crippen LogP contribution in [0.5, 0.6) is 0 Å². The normalized spacial score (nSPS) is 25.1. The Balaban J connectivity index is 2.05. The number of hydrogen-bond donors (Lipinski definition) is 1. The minimum Gasteiger partial charge on any atom is -0.325 e. The van der Waals surface area contributed by atoms with E-state index in [-0.39, 0.29) is 5.54 Å². The van der Waals surface area contributed by atoms with Gasteiger partial charge in [-0.15, -0.1) is 0 Å². The molecule has 0 aromatic heterocycles. The second-order valence-corrected chi connectivity index (χ2v) is 4.64. The van der Waals surface area contributed by atoms with Gasteiger partial charge in [0.1, 0.15) is 18.7 Å². The maximum Gasteiger partial charge on any atom is 0.182 e. The Bertz CT molecular complexity index is 294. The lowest BCUT2D eigenvalue weighted by molar-refractivity contribution is -0.954. The SMILES string of the molecule is CC1(C)COC[NH+]1Cc1ccccc1. The average molecular weight is 192 g/mol. The minimum absolute atomic E-state index is 0.260. The van der Waals surface area contributed by atoms with Crippen LogP contribution >= 0.6 is 0 Å². The average Bonchev–Trinajstić information content (AvgIpc) is 2.48. The van der Waals surface area contributed by atoms with Gasteiger partial charge in [0, 0.05) is 5.56 Å². The molecule has 2 heteroatoms. The highest BCUT2D eigenvalue weighted by Crippen LogP contribution is 2.05. The molecule has 1 aromatic rings. The summed E-state index contributed by atoms with van der Waals surface area (Å²) in [6.45, 7) is 7.29. The molecule has 14 heavy (non-hydrogen) atoms. The van der Waals surface area contributed by atoms with Crippen molar-refractivity contribution in [3.05, 3.63) is 35.9 Å². The Hall–Kier alpha value is -0.860. The summed E-state index contributed by atoms with van der Waals surface area (Å²) in [4.78, 5) is 1.52. The first-order valence-electron chi connectivity index (χ1n) is 5.15. The molecule has 1 atom stereocenters. The van der Waals surface area contributed by atoms with Crippen molar-refractivity contribution >= 4 is 0 Å². The van der Waals surface area contributed by atoms with Gasteiger partial charge in [-0.05, 0) is 13.8 Å². The Kier molecular flexibility index (Phi) is 2.57. The van der Waals surface area contributed by atoms with Gasteiger partial charge in [-0.25, -0.2) is 0 Å². The first-order valence-corrected chi connectivity index (χ1v) is 5.15. The molecule has 0 aliphatic carbocycles. The van der Waals surface area contributed by atoms with Crippen LogP contribution in [0.1, 0.15) is 19.4 Å². The summed E-state index contributed by atoms with van der Waals surface area (Å²) in [5.74, 6) is 0. The van der Waals surface area contributed by atoms with Gasteiger partial charge in [0.25, 0.3) is 0 Å². The molecule has 1 heterocycles. The molecular weight excluding hydrogens is 174 g/mol. The molecule has 0 saturated carbocycles. The van der Waals surface area contributed by atoms with Crippen LogP contribution in [-0.4, -0.2) is 18.9 Å². The van der Waals surface area contributed by atoms with E-state index in [1.807, 2.05) is 0 Å². The van der Waals surface area contributed by atoms with Crippen molar-refractivity contribution in [2.45, 2.75) is 25.9 Å². The molecule has 0 amide bonds. The molecule has 1 fully saturated rings. The van der Waals surface area contributed by atoms with E-state index < -0.39 is 0 Å². The van der Waals surface area contributed by atoms with Crippen LogP contribution in [0, 0.1) is 0 Å². The third-order valence-corrected chi connectivity index (χ3v) is 2.96. The zero-order valence-electron chi connectivity index (χ0n) is 8.92. The molecule has 1 aliphatic heterocycles. The van der Waals surface area contributed by atoms with Crippen LogP contribution in [0.2, 0.25) is 0 Å². The van der Waals surface area contributed by atoms with E-state index in [0.717, 1.165) is 19.9 Å². The summed E-state index contributed by atoms with van der Waals surface area (Å²) in [5, 5.41) is 0. The van der Waals surface area contributed by atoms with Gasteiger partial charge in [0.15, 0.2) is 6.73 Å². The zero-order chi connectivity index (χ0) is 10.0. The highest BCUT2D eigenvalue weighted by molar-refractivity contribution is 5.13. The molecule has 0 spiro atoms. The summed E-state index contributed by atoms with van der Waals surface area (Å²) < 4.78 is 5.51. The zero-order valence-corrected chi connectivity index (χ0v) is 8.92. The fraction of sp³-hybridized carbons (Fsp3) is 0.500. The molecule has 1 N–H and O–H groups in total. The van der Waals surface area contributed by atoms with Gasteiger partial charge in [0.05, 0.1) is 0 Å². The molecular formula is C12H18NO+. The number of ether oxygens (including phenoxy) is 1. The maximum atomic E-state index is 5.51. The maximum absolute atomic E-state index is 5.51. The van der Waals surface area contributed by atoms with E-state index in [2.05, 4.69) is 44.2 Å². The van der Waals surface area contributed by atoms with E-state index in [0.29, 0.717) is 0 Å². The van der Waals surface area contributed by atoms with E-state index >= 15 is 0 Å². The van der Waals surface area contributed by atoms with Gasteiger partial charge in [-0.1, -0.05) is 30.3 Å². The van der Waals surface area contributed by atoms with Crippen molar-refractivity contribution in [2.24, 2.45) is 0 Å². The number of quaternary nitrogens is 1. The fourth-order valence-corrected chi connectivity index (χ4v) is 1.86. The minimum atomic E-state index is 0.260.